The van der Waals surface area contributed by atoms with E-state index in [9.17, 15) is 4.79 Å². The van der Waals surface area contributed by atoms with Crippen LogP contribution in [0.1, 0.15) is 34.8 Å². The van der Waals surface area contributed by atoms with Crippen LogP contribution in [-0.4, -0.2) is 37.6 Å². The number of hydrogen-bond acceptors (Lipinski definition) is 4. The van der Waals surface area contributed by atoms with Crippen LogP contribution in [0.25, 0.3) is 0 Å². The molecule has 1 amide bonds. The molecule has 1 aliphatic rings. The molecule has 1 N–H and O–H groups in total. The van der Waals surface area contributed by atoms with Gasteiger partial charge in [-0.3, -0.25) is 9.69 Å². The van der Waals surface area contributed by atoms with Crippen LogP contribution in [0.15, 0.2) is 41.1 Å². The van der Waals surface area contributed by atoms with Crippen LogP contribution in [0.4, 0.5) is 0 Å². The molecule has 122 valence electrons. The maximum absolute atomic E-state index is 12.2. The van der Waals surface area contributed by atoms with Crippen molar-refractivity contribution in [1.82, 2.24) is 10.2 Å². The first-order valence-electron chi connectivity index (χ1n) is 7.96. The van der Waals surface area contributed by atoms with Gasteiger partial charge in [-0.2, -0.15) is 11.3 Å². The van der Waals surface area contributed by atoms with Crippen molar-refractivity contribution in [2.24, 2.45) is 0 Å². The van der Waals surface area contributed by atoms with Crippen LogP contribution in [-0.2, 0) is 0 Å². The van der Waals surface area contributed by atoms with Gasteiger partial charge in [-0.15, -0.1) is 0 Å². The van der Waals surface area contributed by atoms with Crippen molar-refractivity contribution in [2.75, 3.05) is 26.7 Å². The lowest BCUT2D eigenvalue weighted by molar-refractivity contribution is 0.0938. The summed E-state index contributed by atoms with van der Waals surface area (Å²) in [6.45, 7) is 2.80. The zero-order valence-electron chi connectivity index (χ0n) is 13.3. The zero-order chi connectivity index (χ0) is 16.1. The van der Waals surface area contributed by atoms with E-state index in [1.165, 1.54) is 18.4 Å². The Morgan fingerprint density at radius 2 is 2.00 bits per heavy atom. The Hall–Kier alpha value is -1.85. The molecule has 3 rings (SSSR count). The molecule has 0 bridgehead atoms. The number of methoxy groups -OCH3 is 1. The monoisotopic (exact) mass is 330 g/mol. The molecule has 4 nitrogen and oxygen atoms in total. The Bertz CT molecular complexity index is 619. The van der Waals surface area contributed by atoms with Crippen molar-refractivity contribution >= 4 is 17.2 Å². The van der Waals surface area contributed by atoms with Gasteiger partial charge < -0.3 is 10.1 Å². The molecule has 0 saturated carbocycles. The van der Waals surface area contributed by atoms with Crippen molar-refractivity contribution < 1.29 is 9.53 Å². The van der Waals surface area contributed by atoms with Crippen LogP contribution >= 0.6 is 11.3 Å². The number of carbonyl (C=O) groups is 1. The van der Waals surface area contributed by atoms with E-state index in [-0.39, 0.29) is 11.9 Å². The van der Waals surface area contributed by atoms with Gasteiger partial charge in [-0.1, -0.05) is 12.1 Å². The lowest BCUT2D eigenvalue weighted by atomic mass is 10.0. The Labute approximate surface area is 141 Å². The predicted octanol–water partition coefficient (Wildman–Crippen LogP) is 3.32. The van der Waals surface area contributed by atoms with E-state index in [1.54, 1.807) is 18.4 Å². The van der Waals surface area contributed by atoms with E-state index in [0.717, 1.165) is 24.4 Å². The average Bonchev–Trinajstić information content (AvgIpc) is 3.29. The van der Waals surface area contributed by atoms with Crippen LogP contribution < -0.4 is 10.1 Å². The number of nitrogens with one attached hydrogen (secondary N) is 1. The number of likely N-dealkylation sites (tertiary alicyclic amines) is 1. The Morgan fingerprint density at radius 1 is 1.26 bits per heavy atom. The Kier molecular flexibility index (Phi) is 5.31. The van der Waals surface area contributed by atoms with E-state index >= 15 is 0 Å². The van der Waals surface area contributed by atoms with Crippen LogP contribution in [0.2, 0.25) is 0 Å². The van der Waals surface area contributed by atoms with Crippen molar-refractivity contribution in [3.63, 3.8) is 0 Å². The molecular formula is C18H22N2O2S. The van der Waals surface area contributed by atoms with Gasteiger partial charge in [0, 0.05) is 17.5 Å². The van der Waals surface area contributed by atoms with Crippen molar-refractivity contribution in [1.29, 1.82) is 0 Å². The van der Waals surface area contributed by atoms with Gasteiger partial charge in [0.1, 0.15) is 5.75 Å². The van der Waals surface area contributed by atoms with Gasteiger partial charge >= 0.3 is 0 Å². The highest BCUT2D eigenvalue weighted by Crippen LogP contribution is 2.26. The Morgan fingerprint density at radius 3 is 2.61 bits per heavy atom. The fourth-order valence-electron chi connectivity index (χ4n) is 3.02. The summed E-state index contributed by atoms with van der Waals surface area (Å²) in [7, 11) is 1.67. The third-order valence-corrected chi connectivity index (χ3v) is 5.00. The first-order valence-corrected chi connectivity index (χ1v) is 8.90. The molecule has 1 atom stereocenters. The number of benzene rings is 1. The smallest absolute Gasteiger partial charge is 0.252 e. The number of rotatable bonds is 6. The van der Waals surface area contributed by atoms with Gasteiger partial charge in [-0.05, 0) is 55.1 Å². The summed E-state index contributed by atoms with van der Waals surface area (Å²) in [5.74, 6) is 0.861. The van der Waals surface area contributed by atoms with Crippen LogP contribution in [0.5, 0.6) is 5.75 Å². The summed E-state index contributed by atoms with van der Waals surface area (Å²) >= 11 is 1.54. The lowest BCUT2D eigenvalue weighted by Gasteiger charge is -2.28. The topological polar surface area (TPSA) is 41.6 Å². The van der Waals surface area contributed by atoms with Gasteiger partial charge in [0.05, 0.1) is 13.2 Å². The molecule has 1 fully saturated rings. The van der Waals surface area contributed by atoms with E-state index in [0.29, 0.717) is 6.54 Å². The summed E-state index contributed by atoms with van der Waals surface area (Å²) in [5.41, 5.74) is 1.96. The van der Waals surface area contributed by atoms with Crippen LogP contribution in [0, 0.1) is 0 Å². The molecule has 5 heteroatoms. The maximum Gasteiger partial charge on any atom is 0.252 e. The zero-order valence-corrected chi connectivity index (χ0v) is 14.1. The molecule has 2 aromatic rings. The summed E-state index contributed by atoms with van der Waals surface area (Å²) in [5, 5.41) is 6.89. The molecular weight excluding hydrogens is 308 g/mol. The van der Waals surface area contributed by atoms with Crippen molar-refractivity contribution in [3.8, 4) is 5.75 Å². The van der Waals surface area contributed by atoms with Crippen molar-refractivity contribution in [2.45, 2.75) is 18.9 Å². The standard InChI is InChI=1S/C18H22N2O2S/c1-22-16-6-4-14(5-7-16)17(20-9-2-3-10-20)12-19-18(21)15-8-11-23-13-15/h4-8,11,13,17H,2-3,9-10,12H2,1H3,(H,19,21). The van der Waals surface area contributed by atoms with E-state index in [2.05, 4.69) is 22.3 Å². The van der Waals surface area contributed by atoms with E-state index < -0.39 is 0 Å². The number of hydrogen-bond donors (Lipinski definition) is 1. The lowest BCUT2D eigenvalue weighted by Crippen LogP contribution is -2.36. The summed E-state index contributed by atoms with van der Waals surface area (Å²) in [6.07, 6.45) is 2.45. The second kappa shape index (κ2) is 7.62. The molecule has 0 radical (unpaired) electrons. The molecule has 1 aromatic carbocycles. The highest BCUT2D eigenvalue weighted by Gasteiger charge is 2.24. The van der Waals surface area contributed by atoms with Gasteiger partial charge in [0.25, 0.3) is 5.91 Å². The molecule has 23 heavy (non-hydrogen) atoms. The Balaban J connectivity index is 1.71. The molecule has 0 aliphatic carbocycles. The quantitative estimate of drug-likeness (QED) is 0.883. The number of amides is 1. The SMILES string of the molecule is COc1ccc(C(CNC(=O)c2ccsc2)N2CCCC2)cc1. The molecule has 0 spiro atoms. The molecule has 1 saturated heterocycles. The first kappa shape index (κ1) is 16.0. The number of ether oxygens (including phenoxy) is 1. The van der Waals surface area contributed by atoms with Gasteiger partial charge in [0.15, 0.2) is 0 Å². The molecule has 1 aromatic heterocycles. The van der Waals surface area contributed by atoms with Gasteiger partial charge in [0.2, 0.25) is 0 Å². The minimum absolute atomic E-state index is 0.00367. The predicted molar refractivity (Wildman–Crippen MR) is 93.2 cm³/mol. The minimum atomic E-state index is 0.00367. The minimum Gasteiger partial charge on any atom is -0.497 e. The highest BCUT2D eigenvalue weighted by molar-refractivity contribution is 7.08. The summed E-state index contributed by atoms with van der Waals surface area (Å²) < 4.78 is 5.24. The number of nitrogens with zero attached hydrogens (tertiary/aromatic N) is 1. The fraction of sp³-hybridized carbons (Fsp3) is 0.389. The number of carbonyl (C=O) groups excluding carboxylic acids is 1. The van der Waals surface area contributed by atoms with Gasteiger partial charge in [-0.25, -0.2) is 0 Å². The summed E-state index contributed by atoms with van der Waals surface area (Å²) in [6, 6.07) is 10.2. The second-order valence-electron chi connectivity index (χ2n) is 5.75. The molecule has 2 heterocycles. The normalized spacial score (nSPS) is 16.2. The van der Waals surface area contributed by atoms with Crippen LogP contribution in [0.3, 0.4) is 0 Å². The maximum atomic E-state index is 12.2. The molecule has 1 unspecified atom stereocenters. The summed E-state index contributed by atoms with van der Waals surface area (Å²) in [4.78, 5) is 14.7. The number of thiophene rings is 1. The average molecular weight is 330 g/mol. The fourth-order valence-corrected chi connectivity index (χ4v) is 3.66. The highest BCUT2D eigenvalue weighted by atomic mass is 32.1. The molecule has 1 aliphatic heterocycles. The van der Waals surface area contributed by atoms with E-state index in [4.69, 9.17) is 4.74 Å². The van der Waals surface area contributed by atoms with E-state index in [1.807, 2.05) is 29.0 Å². The van der Waals surface area contributed by atoms with Crippen molar-refractivity contribution in [3.05, 3.63) is 52.2 Å². The third-order valence-electron chi connectivity index (χ3n) is 4.32. The second-order valence-corrected chi connectivity index (χ2v) is 6.53. The third kappa shape index (κ3) is 3.92. The largest absolute Gasteiger partial charge is 0.497 e. The first-order chi connectivity index (χ1) is 11.3.